The number of benzene rings is 3. The number of halogens is 1. The fourth-order valence-corrected chi connectivity index (χ4v) is 4.82. The first kappa shape index (κ1) is 21.6. The van der Waals surface area contributed by atoms with Gasteiger partial charge in [0.1, 0.15) is 0 Å². The van der Waals surface area contributed by atoms with Gasteiger partial charge in [-0.2, -0.15) is 0 Å². The van der Waals surface area contributed by atoms with Crippen LogP contribution in [-0.2, 0) is 20.0 Å². The molecule has 158 valence electrons. The first-order chi connectivity index (χ1) is 14.1. The molecular weight excluding hydrogens is 431 g/mol. The van der Waals surface area contributed by atoms with Crippen LogP contribution in [0.1, 0.15) is 5.56 Å². The molecule has 30 heavy (non-hydrogen) atoms. The van der Waals surface area contributed by atoms with Crippen LogP contribution >= 0.6 is 0 Å². The molecule has 0 bridgehead atoms. The molecule has 3 rings (SSSR count). The van der Waals surface area contributed by atoms with Crippen LogP contribution in [0.15, 0.2) is 76.5 Å². The lowest BCUT2D eigenvalue weighted by atomic mass is 10.2. The van der Waals surface area contributed by atoms with Gasteiger partial charge in [-0.25, -0.2) is 21.2 Å². The molecule has 2 N–H and O–H groups in total. The summed E-state index contributed by atoms with van der Waals surface area (Å²) in [6.45, 7) is 1.78. The molecule has 10 heteroatoms. The number of methoxy groups -OCH3 is 1. The number of nitrogens with one attached hydrogen (secondary N) is 2. The highest BCUT2D eigenvalue weighted by atomic mass is 32.2. The maximum Gasteiger partial charge on any atom is 0.262 e. The second kappa shape index (κ2) is 8.33. The summed E-state index contributed by atoms with van der Waals surface area (Å²) >= 11 is 0. The van der Waals surface area contributed by atoms with Gasteiger partial charge in [-0.15, -0.1) is 0 Å². The Morgan fingerprint density at radius 2 is 1.40 bits per heavy atom. The van der Waals surface area contributed by atoms with Gasteiger partial charge < -0.3 is 4.74 Å². The van der Waals surface area contributed by atoms with Crippen LogP contribution in [0.4, 0.5) is 15.8 Å². The normalized spacial score (nSPS) is 11.7. The SMILES string of the molecule is COc1cc(S(=O)(=O)Nc2ccc(S(=O)(=O)Nc3ccccc3C)cc2)ccc1F. The van der Waals surface area contributed by atoms with Crippen molar-refractivity contribution in [3.05, 3.63) is 78.1 Å². The van der Waals surface area contributed by atoms with Crippen molar-refractivity contribution in [2.75, 3.05) is 16.6 Å². The second-order valence-electron chi connectivity index (χ2n) is 6.35. The summed E-state index contributed by atoms with van der Waals surface area (Å²) in [6, 6.07) is 15.3. The van der Waals surface area contributed by atoms with Gasteiger partial charge >= 0.3 is 0 Å². The molecule has 0 saturated carbocycles. The minimum absolute atomic E-state index is 0.0304. The summed E-state index contributed by atoms with van der Waals surface area (Å²) in [5.41, 5.74) is 1.36. The smallest absolute Gasteiger partial charge is 0.262 e. The predicted octanol–water partition coefficient (Wildman–Crippen LogP) is 3.74. The largest absolute Gasteiger partial charge is 0.494 e. The Bertz CT molecular complexity index is 1270. The maximum absolute atomic E-state index is 13.5. The Morgan fingerprint density at radius 3 is 2.03 bits per heavy atom. The summed E-state index contributed by atoms with van der Waals surface area (Å²) in [7, 11) is -6.65. The van der Waals surface area contributed by atoms with Gasteiger partial charge in [0.25, 0.3) is 20.0 Å². The monoisotopic (exact) mass is 450 g/mol. The van der Waals surface area contributed by atoms with E-state index >= 15 is 0 Å². The van der Waals surface area contributed by atoms with Crippen LogP contribution in [-0.4, -0.2) is 23.9 Å². The Kier molecular flexibility index (Phi) is 5.99. The van der Waals surface area contributed by atoms with Gasteiger partial charge in [0.2, 0.25) is 0 Å². The van der Waals surface area contributed by atoms with Crippen molar-refractivity contribution < 1.29 is 26.0 Å². The standard InChI is InChI=1S/C20H19FN2O5S2/c1-14-5-3-4-6-19(14)23-29(24,25)16-9-7-15(8-10-16)22-30(26,27)17-11-12-18(21)20(13-17)28-2/h3-13,22-23H,1-2H3. The summed E-state index contributed by atoms with van der Waals surface area (Å²) in [5, 5.41) is 0. The lowest BCUT2D eigenvalue weighted by Crippen LogP contribution is -2.15. The third kappa shape index (κ3) is 4.71. The Hall–Kier alpha value is -3.11. The number of hydrogen-bond donors (Lipinski definition) is 2. The van der Waals surface area contributed by atoms with E-state index in [0.717, 1.165) is 23.8 Å². The minimum atomic E-state index is -4.03. The van der Waals surface area contributed by atoms with Gasteiger partial charge in [0, 0.05) is 11.8 Å². The highest BCUT2D eigenvalue weighted by Gasteiger charge is 2.19. The fraction of sp³-hybridized carbons (Fsp3) is 0.100. The number of para-hydroxylation sites is 1. The number of hydrogen-bond acceptors (Lipinski definition) is 5. The molecule has 0 heterocycles. The van der Waals surface area contributed by atoms with Gasteiger partial charge in [-0.3, -0.25) is 9.44 Å². The van der Waals surface area contributed by atoms with E-state index in [2.05, 4.69) is 9.44 Å². The van der Waals surface area contributed by atoms with Crippen LogP contribution in [0.2, 0.25) is 0 Å². The zero-order valence-corrected chi connectivity index (χ0v) is 17.7. The minimum Gasteiger partial charge on any atom is -0.494 e. The highest BCUT2D eigenvalue weighted by Crippen LogP contribution is 2.25. The molecule has 0 saturated heterocycles. The number of sulfonamides is 2. The van der Waals surface area contributed by atoms with Crippen LogP contribution in [0, 0.1) is 12.7 Å². The first-order valence-corrected chi connectivity index (χ1v) is 11.6. The molecule has 3 aromatic rings. The summed E-state index contributed by atoms with van der Waals surface area (Å²) in [5.74, 6) is -0.895. The second-order valence-corrected chi connectivity index (χ2v) is 9.71. The molecular formula is C20H19FN2O5S2. The Balaban J connectivity index is 1.81. The molecule has 0 fully saturated rings. The zero-order valence-electron chi connectivity index (χ0n) is 16.1. The Labute approximate surface area is 174 Å². The van der Waals surface area contributed by atoms with Crippen molar-refractivity contribution in [1.82, 2.24) is 0 Å². The molecule has 0 aliphatic rings. The van der Waals surface area contributed by atoms with Crippen LogP contribution in [0.3, 0.4) is 0 Å². The molecule has 0 aliphatic heterocycles. The van der Waals surface area contributed by atoms with Crippen molar-refractivity contribution in [2.45, 2.75) is 16.7 Å². The highest BCUT2D eigenvalue weighted by molar-refractivity contribution is 7.93. The van der Waals surface area contributed by atoms with Gasteiger partial charge in [0.05, 0.1) is 22.6 Å². The maximum atomic E-state index is 13.5. The third-order valence-electron chi connectivity index (χ3n) is 4.24. The molecule has 0 atom stereocenters. The molecule has 3 aromatic carbocycles. The molecule has 7 nitrogen and oxygen atoms in total. The van der Waals surface area contributed by atoms with E-state index in [1.165, 1.54) is 31.4 Å². The molecule has 0 radical (unpaired) electrons. The lowest BCUT2D eigenvalue weighted by molar-refractivity contribution is 0.385. The fourth-order valence-electron chi connectivity index (χ4n) is 2.61. The van der Waals surface area contributed by atoms with E-state index in [4.69, 9.17) is 4.74 Å². The number of rotatable bonds is 7. The van der Waals surface area contributed by atoms with Crippen molar-refractivity contribution >= 4 is 31.4 Å². The van der Waals surface area contributed by atoms with Crippen molar-refractivity contribution in [1.29, 1.82) is 0 Å². The molecule has 0 unspecified atom stereocenters. The van der Waals surface area contributed by atoms with Gasteiger partial charge in [-0.1, -0.05) is 18.2 Å². The summed E-state index contributed by atoms with van der Waals surface area (Å²) < 4.78 is 73.3. The number of anilines is 2. The zero-order chi connectivity index (χ0) is 21.9. The number of ether oxygens (including phenoxy) is 1. The van der Waals surface area contributed by atoms with Crippen LogP contribution in [0.25, 0.3) is 0 Å². The van der Waals surface area contributed by atoms with Gasteiger partial charge in [-0.05, 0) is 55.0 Å². The van der Waals surface area contributed by atoms with E-state index in [1.807, 2.05) is 0 Å². The van der Waals surface area contributed by atoms with Crippen LogP contribution in [0.5, 0.6) is 5.75 Å². The topological polar surface area (TPSA) is 102 Å². The lowest BCUT2D eigenvalue weighted by Gasteiger charge is -2.12. The molecule has 0 amide bonds. The quantitative estimate of drug-likeness (QED) is 0.571. The molecule has 0 aromatic heterocycles. The predicted molar refractivity (Wildman–Crippen MR) is 112 cm³/mol. The third-order valence-corrected chi connectivity index (χ3v) is 7.00. The summed E-state index contributed by atoms with van der Waals surface area (Å²) in [4.78, 5) is -0.226. The van der Waals surface area contributed by atoms with E-state index in [-0.39, 0.29) is 21.2 Å². The van der Waals surface area contributed by atoms with Crippen molar-refractivity contribution in [3.63, 3.8) is 0 Å². The Morgan fingerprint density at radius 1 is 0.800 bits per heavy atom. The molecule has 0 spiro atoms. The summed E-state index contributed by atoms with van der Waals surface area (Å²) in [6.07, 6.45) is 0. The van der Waals surface area contributed by atoms with Crippen LogP contribution < -0.4 is 14.2 Å². The molecule has 0 aliphatic carbocycles. The average molecular weight is 451 g/mol. The van der Waals surface area contributed by atoms with E-state index in [1.54, 1.807) is 31.2 Å². The van der Waals surface area contributed by atoms with Crippen molar-refractivity contribution in [2.24, 2.45) is 0 Å². The van der Waals surface area contributed by atoms with E-state index in [0.29, 0.717) is 5.69 Å². The van der Waals surface area contributed by atoms with E-state index in [9.17, 15) is 21.2 Å². The average Bonchev–Trinajstić information content (AvgIpc) is 2.70. The van der Waals surface area contributed by atoms with E-state index < -0.39 is 25.9 Å². The van der Waals surface area contributed by atoms with Gasteiger partial charge in [0.15, 0.2) is 11.6 Å². The van der Waals surface area contributed by atoms with Crippen molar-refractivity contribution in [3.8, 4) is 5.75 Å². The first-order valence-electron chi connectivity index (χ1n) is 8.67. The number of aryl methyl sites for hydroxylation is 1.